The van der Waals surface area contributed by atoms with E-state index in [4.69, 9.17) is 10.5 Å². The number of nitrogens with two attached hydrogens (primary N) is 1. The van der Waals surface area contributed by atoms with Crippen molar-refractivity contribution in [1.29, 1.82) is 0 Å². The largest absolute Gasteiger partial charge is 0.497 e. The second kappa shape index (κ2) is 6.43. The number of rotatable bonds is 5. The highest BCUT2D eigenvalue weighted by atomic mass is 32.2. The van der Waals surface area contributed by atoms with Gasteiger partial charge in [-0.05, 0) is 25.0 Å². The van der Waals surface area contributed by atoms with E-state index in [1.807, 2.05) is 0 Å². The van der Waals surface area contributed by atoms with E-state index in [9.17, 15) is 8.42 Å². The summed E-state index contributed by atoms with van der Waals surface area (Å²) in [5.74, 6) is 0.610. The van der Waals surface area contributed by atoms with Crippen LogP contribution in [0.5, 0.6) is 5.75 Å². The van der Waals surface area contributed by atoms with Crippen LogP contribution < -0.4 is 15.2 Å². The molecule has 20 heavy (non-hydrogen) atoms. The number of anilines is 1. The second-order valence-electron chi connectivity index (χ2n) is 4.84. The van der Waals surface area contributed by atoms with Crippen LogP contribution in [0.25, 0.3) is 0 Å². The summed E-state index contributed by atoms with van der Waals surface area (Å²) < 4.78 is 34.0. The van der Waals surface area contributed by atoms with Crippen molar-refractivity contribution in [3.8, 4) is 5.75 Å². The Hall–Kier alpha value is -1.31. The van der Waals surface area contributed by atoms with E-state index in [0.29, 0.717) is 24.5 Å². The summed E-state index contributed by atoms with van der Waals surface area (Å²) in [5, 5.41) is 0. The summed E-state index contributed by atoms with van der Waals surface area (Å²) in [6.45, 7) is 0.861. The second-order valence-corrected chi connectivity index (χ2v) is 6.46. The van der Waals surface area contributed by atoms with E-state index in [2.05, 4.69) is 4.72 Å². The summed E-state index contributed by atoms with van der Waals surface area (Å²) in [6.07, 6.45) is 2.71. The number of nitrogens with one attached hydrogen (secondary N) is 1. The van der Waals surface area contributed by atoms with E-state index in [-0.39, 0.29) is 6.04 Å². The van der Waals surface area contributed by atoms with Crippen LogP contribution >= 0.6 is 0 Å². The van der Waals surface area contributed by atoms with Crippen LogP contribution in [-0.4, -0.2) is 39.0 Å². The maximum Gasteiger partial charge on any atom is 0.301 e. The molecule has 1 heterocycles. The first kappa shape index (κ1) is 15.1. The molecule has 1 aromatic carbocycles. The minimum Gasteiger partial charge on any atom is -0.497 e. The number of hydrogen-bond acceptors (Lipinski definition) is 4. The fourth-order valence-electron chi connectivity index (χ4n) is 2.42. The van der Waals surface area contributed by atoms with Crippen molar-refractivity contribution < 1.29 is 13.2 Å². The third-order valence-corrected chi connectivity index (χ3v) is 5.06. The van der Waals surface area contributed by atoms with Crippen molar-refractivity contribution in [2.75, 3.05) is 24.9 Å². The first-order valence-corrected chi connectivity index (χ1v) is 8.14. The van der Waals surface area contributed by atoms with Crippen molar-refractivity contribution >= 4 is 15.9 Å². The number of ether oxygens (including phenoxy) is 1. The average molecular weight is 299 g/mol. The molecule has 1 aromatic rings. The first-order chi connectivity index (χ1) is 9.56. The fraction of sp³-hybridized carbons (Fsp3) is 0.538. The van der Waals surface area contributed by atoms with E-state index < -0.39 is 10.2 Å². The van der Waals surface area contributed by atoms with Gasteiger partial charge in [-0.15, -0.1) is 0 Å². The number of methoxy groups -OCH3 is 1. The van der Waals surface area contributed by atoms with Gasteiger partial charge < -0.3 is 10.5 Å². The average Bonchev–Trinajstić information content (AvgIpc) is 2.47. The molecule has 0 radical (unpaired) electrons. The van der Waals surface area contributed by atoms with Gasteiger partial charge in [-0.3, -0.25) is 4.72 Å². The third kappa shape index (κ3) is 3.41. The molecular formula is C13H21N3O3S. The van der Waals surface area contributed by atoms with Gasteiger partial charge in [0, 0.05) is 25.2 Å². The maximum absolute atomic E-state index is 12.4. The summed E-state index contributed by atoms with van der Waals surface area (Å²) in [5.41, 5.74) is 6.17. The molecule has 1 atom stereocenters. The molecule has 0 aromatic heterocycles. The van der Waals surface area contributed by atoms with Gasteiger partial charge in [-0.25, -0.2) is 0 Å². The molecule has 1 aliphatic rings. The van der Waals surface area contributed by atoms with E-state index >= 15 is 0 Å². The van der Waals surface area contributed by atoms with Gasteiger partial charge >= 0.3 is 10.2 Å². The molecule has 1 aliphatic heterocycles. The summed E-state index contributed by atoms with van der Waals surface area (Å²) in [4.78, 5) is 0. The Bertz CT molecular complexity index is 548. The van der Waals surface area contributed by atoms with E-state index in [0.717, 1.165) is 19.3 Å². The lowest BCUT2D eigenvalue weighted by Gasteiger charge is -2.33. The van der Waals surface area contributed by atoms with Crippen LogP contribution in [-0.2, 0) is 10.2 Å². The number of piperidine rings is 1. The molecule has 7 heteroatoms. The minimum atomic E-state index is -3.57. The topological polar surface area (TPSA) is 84.7 Å². The molecule has 1 saturated heterocycles. The summed E-state index contributed by atoms with van der Waals surface area (Å²) in [7, 11) is -2.03. The molecule has 0 saturated carbocycles. The monoisotopic (exact) mass is 299 g/mol. The molecule has 1 unspecified atom stereocenters. The highest BCUT2D eigenvalue weighted by molar-refractivity contribution is 7.90. The molecule has 6 nitrogen and oxygen atoms in total. The van der Waals surface area contributed by atoms with Crippen molar-refractivity contribution in [3.63, 3.8) is 0 Å². The lowest BCUT2D eigenvalue weighted by Crippen LogP contribution is -2.49. The van der Waals surface area contributed by atoms with Crippen LogP contribution in [0.2, 0.25) is 0 Å². The fourth-order valence-corrected chi connectivity index (χ4v) is 3.92. The van der Waals surface area contributed by atoms with E-state index in [1.165, 1.54) is 4.31 Å². The molecule has 0 spiro atoms. The molecular weight excluding hydrogens is 278 g/mol. The Balaban J connectivity index is 2.17. The van der Waals surface area contributed by atoms with Gasteiger partial charge in [0.2, 0.25) is 0 Å². The van der Waals surface area contributed by atoms with Gasteiger partial charge in [0.15, 0.2) is 0 Å². The van der Waals surface area contributed by atoms with Crippen molar-refractivity contribution in [2.24, 2.45) is 5.73 Å². The highest BCUT2D eigenvalue weighted by Crippen LogP contribution is 2.23. The van der Waals surface area contributed by atoms with Gasteiger partial charge in [-0.1, -0.05) is 12.5 Å². The normalized spacial score (nSPS) is 20.6. The number of benzene rings is 1. The van der Waals surface area contributed by atoms with Crippen LogP contribution in [0.4, 0.5) is 5.69 Å². The van der Waals surface area contributed by atoms with Crippen LogP contribution in [0.15, 0.2) is 24.3 Å². The Morgan fingerprint density at radius 1 is 1.45 bits per heavy atom. The van der Waals surface area contributed by atoms with Crippen LogP contribution in [0.1, 0.15) is 19.3 Å². The predicted octanol–water partition coefficient (Wildman–Crippen LogP) is 1.17. The first-order valence-electron chi connectivity index (χ1n) is 6.70. The van der Waals surface area contributed by atoms with Gasteiger partial charge in [0.25, 0.3) is 0 Å². The zero-order valence-electron chi connectivity index (χ0n) is 11.6. The van der Waals surface area contributed by atoms with Gasteiger partial charge in [-0.2, -0.15) is 12.7 Å². The summed E-state index contributed by atoms with van der Waals surface area (Å²) in [6, 6.07) is 6.74. The minimum absolute atomic E-state index is 0.119. The Morgan fingerprint density at radius 2 is 2.25 bits per heavy atom. The standard InChI is InChI=1S/C13H21N3O3S/c1-19-13-7-4-5-11(9-13)15-20(17,18)16-8-3-2-6-12(16)10-14/h4-5,7,9,12,15H,2-3,6,8,10,14H2,1H3. The Labute approximate surface area is 120 Å². The van der Waals surface area contributed by atoms with Gasteiger partial charge in [0.05, 0.1) is 12.8 Å². The summed E-state index contributed by atoms with van der Waals surface area (Å²) >= 11 is 0. The third-order valence-electron chi connectivity index (χ3n) is 3.47. The molecule has 0 amide bonds. The Kier molecular flexibility index (Phi) is 4.85. The van der Waals surface area contributed by atoms with E-state index in [1.54, 1.807) is 31.4 Å². The van der Waals surface area contributed by atoms with Crippen LogP contribution in [0, 0.1) is 0 Å². The van der Waals surface area contributed by atoms with Crippen molar-refractivity contribution in [1.82, 2.24) is 4.31 Å². The molecule has 0 bridgehead atoms. The number of hydrogen-bond donors (Lipinski definition) is 2. The van der Waals surface area contributed by atoms with Crippen molar-refractivity contribution in [2.45, 2.75) is 25.3 Å². The quantitative estimate of drug-likeness (QED) is 0.854. The number of nitrogens with zero attached hydrogens (tertiary/aromatic N) is 1. The molecule has 112 valence electrons. The smallest absolute Gasteiger partial charge is 0.301 e. The van der Waals surface area contributed by atoms with Crippen molar-refractivity contribution in [3.05, 3.63) is 24.3 Å². The molecule has 1 fully saturated rings. The van der Waals surface area contributed by atoms with Gasteiger partial charge in [0.1, 0.15) is 5.75 Å². The lowest BCUT2D eigenvalue weighted by atomic mass is 10.1. The molecule has 2 rings (SSSR count). The predicted molar refractivity (Wildman–Crippen MR) is 78.9 cm³/mol. The SMILES string of the molecule is COc1cccc(NS(=O)(=O)N2CCCCC2CN)c1. The highest BCUT2D eigenvalue weighted by Gasteiger charge is 2.31. The molecule has 0 aliphatic carbocycles. The van der Waals surface area contributed by atoms with Crippen LogP contribution in [0.3, 0.4) is 0 Å². The zero-order valence-corrected chi connectivity index (χ0v) is 12.4. The molecule has 3 N–H and O–H groups in total. The zero-order chi connectivity index (χ0) is 14.6. The lowest BCUT2D eigenvalue weighted by molar-refractivity contribution is 0.259. The maximum atomic E-state index is 12.4. The Morgan fingerprint density at radius 3 is 2.95 bits per heavy atom.